The van der Waals surface area contributed by atoms with Crippen LogP contribution in [0.15, 0.2) is 36.5 Å². The van der Waals surface area contributed by atoms with E-state index in [0.29, 0.717) is 27.6 Å². The Hall–Kier alpha value is -1.00. The fraction of sp³-hybridized carbons (Fsp3) is 0.312. The summed E-state index contributed by atoms with van der Waals surface area (Å²) in [6.07, 6.45) is 3.93. The first kappa shape index (κ1) is 17.4. The number of nitrogens with one attached hydrogen (secondary N) is 1. The van der Waals surface area contributed by atoms with Gasteiger partial charge in [0, 0.05) is 16.8 Å². The van der Waals surface area contributed by atoms with Gasteiger partial charge in [-0.25, -0.2) is 4.98 Å². The van der Waals surface area contributed by atoms with Crippen LogP contribution in [0.25, 0.3) is 0 Å². The molecule has 2 heterocycles. The van der Waals surface area contributed by atoms with Gasteiger partial charge in [-0.05, 0) is 56.1 Å². The number of halogens is 3. The number of piperidine rings is 1. The molecule has 0 bridgehead atoms. The summed E-state index contributed by atoms with van der Waals surface area (Å²) in [4.78, 5) is 4.38. The van der Waals surface area contributed by atoms with Crippen molar-refractivity contribution in [1.29, 1.82) is 0 Å². The predicted octanol–water partition coefficient (Wildman–Crippen LogP) is 5.07. The van der Waals surface area contributed by atoms with Crippen LogP contribution in [-0.4, -0.2) is 18.1 Å². The maximum atomic E-state index is 6.17. The van der Waals surface area contributed by atoms with Crippen LogP contribution in [-0.2, 0) is 0 Å². The second-order valence-electron chi connectivity index (χ2n) is 5.10. The third-order valence-electron chi connectivity index (χ3n) is 3.68. The molecule has 3 rings (SSSR count). The van der Waals surface area contributed by atoms with Gasteiger partial charge in [0.25, 0.3) is 0 Å². The molecule has 1 aliphatic heterocycles. The quantitative estimate of drug-likeness (QED) is 0.831. The molecule has 6 heteroatoms. The molecule has 1 aliphatic rings. The topological polar surface area (TPSA) is 34.1 Å². The zero-order valence-electron chi connectivity index (χ0n) is 11.9. The summed E-state index contributed by atoms with van der Waals surface area (Å²) >= 11 is 12.1. The maximum absolute atomic E-state index is 6.17. The van der Waals surface area contributed by atoms with Gasteiger partial charge in [-0.15, -0.1) is 12.4 Å². The Labute approximate surface area is 146 Å². The molecule has 0 aliphatic carbocycles. The van der Waals surface area contributed by atoms with Crippen molar-refractivity contribution in [3.8, 4) is 11.6 Å². The lowest BCUT2D eigenvalue weighted by Crippen LogP contribution is -2.26. The van der Waals surface area contributed by atoms with Crippen molar-refractivity contribution < 1.29 is 4.74 Å². The molecule has 0 unspecified atom stereocenters. The average molecular weight is 360 g/mol. The molecular formula is C16H17Cl3N2O. The highest BCUT2D eigenvalue weighted by atomic mass is 35.5. The van der Waals surface area contributed by atoms with Crippen LogP contribution in [0.4, 0.5) is 0 Å². The third kappa shape index (κ3) is 4.05. The minimum absolute atomic E-state index is 0. The van der Waals surface area contributed by atoms with Gasteiger partial charge in [-0.2, -0.15) is 0 Å². The fourth-order valence-electron chi connectivity index (χ4n) is 2.59. The van der Waals surface area contributed by atoms with E-state index in [-0.39, 0.29) is 12.4 Å². The second kappa shape index (κ2) is 8.02. The van der Waals surface area contributed by atoms with E-state index in [9.17, 15) is 0 Å². The smallest absolute Gasteiger partial charge is 0.222 e. The van der Waals surface area contributed by atoms with Crippen molar-refractivity contribution in [2.24, 2.45) is 0 Å². The van der Waals surface area contributed by atoms with Crippen LogP contribution in [0.1, 0.15) is 24.3 Å². The summed E-state index contributed by atoms with van der Waals surface area (Å²) in [5.74, 6) is 1.68. The number of rotatable bonds is 3. The molecule has 1 fully saturated rings. The fourth-order valence-corrected chi connectivity index (χ4v) is 3.04. The van der Waals surface area contributed by atoms with E-state index < -0.39 is 0 Å². The van der Waals surface area contributed by atoms with E-state index >= 15 is 0 Å². The molecule has 0 radical (unpaired) electrons. The minimum atomic E-state index is 0. The van der Waals surface area contributed by atoms with Gasteiger partial charge in [-0.3, -0.25) is 0 Å². The zero-order valence-corrected chi connectivity index (χ0v) is 14.2. The number of ether oxygens (including phenoxy) is 1. The minimum Gasteiger partial charge on any atom is -0.437 e. The largest absolute Gasteiger partial charge is 0.437 e. The van der Waals surface area contributed by atoms with Crippen molar-refractivity contribution in [2.45, 2.75) is 18.8 Å². The molecule has 1 aromatic heterocycles. The van der Waals surface area contributed by atoms with E-state index in [1.165, 1.54) is 0 Å². The Morgan fingerprint density at radius 3 is 2.64 bits per heavy atom. The van der Waals surface area contributed by atoms with Gasteiger partial charge in [0.1, 0.15) is 5.75 Å². The summed E-state index contributed by atoms with van der Waals surface area (Å²) < 4.78 is 5.93. The predicted molar refractivity (Wildman–Crippen MR) is 92.9 cm³/mol. The standard InChI is InChI=1S/C16H16Cl2N2O.ClH/c17-12-3-4-15(14(18)10-12)21-16-13(2-1-7-20-16)11-5-8-19-9-6-11;/h1-4,7,10-11,19H,5-6,8-9H2;1H. The lowest BCUT2D eigenvalue weighted by atomic mass is 9.91. The average Bonchev–Trinajstić information content (AvgIpc) is 2.51. The molecule has 0 atom stereocenters. The van der Waals surface area contributed by atoms with Crippen molar-refractivity contribution in [1.82, 2.24) is 10.3 Å². The van der Waals surface area contributed by atoms with E-state index in [1.54, 1.807) is 24.4 Å². The van der Waals surface area contributed by atoms with E-state index in [1.807, 2.05) is 6.07 Å². The summed E-state index contributed by atoms with van der Waals surface area (Å²) in [7, 11) is 0. The van der Waals surface area contributed by atoms with Crippen LogP contribution in [0.3, 0.4) is 0 Å². The van der Waals surface area contributed by atoms with Gasteiger partial charge >= 0.3 is 0 Å². The van der Waals surface area contributed by atoms with Crippen LogP contribution >= 0.6 is 35.6 Å². The van der Waals surface area contributed by atoms with E-state index in [4.69, 9.17) is 27.9 Å². The maximum Gasteiger partial charge on any atom is 0.222 e. The summed E-state index contributed by atoms with van der Waals surface area (Å²) in [6.45, 7) is 2.06. The Morgan fingerprint density at radius 2 is 1.91 bits per heavy atom. The Bertz CT molecular complexity index is 631. The van der Waals surface area contributed by atoms with Gasteiger partial charge in [0.2, 0.25) is 5.88 Å². The van der Waals surface area contributed by atoms with E-state index in [0.717, 1.165) is 31.5 Å². The van der Waals surface area contributed by atoms with Crippen molar-refractivity contribution >= 4 is 35.6 Å². The molecule has 3 nitrogen and oxygen atoms in total. The molecule has 1 N–H and O–H groups in total. The van der Waals surface area contributed by atoms with Crippen molar-refractivity contribution in [3.05, 3.63) is 52.1 Å². The molecule has 1 saturated heterocycles. The van der Waals surface area contributed by atoms with Gasteiger partial charge in [0.15, 0.2) is 0 Å². The Balaban J connectivity index is 0.00000176. The van der Waals surface area contributed by atoms with Crippen LogP contribution in [0, 0.1) is 0 Å². The first-order chi connectivity index (χ1) is 10.2. The lowest BCUT2D eigenvalue weighted by molar-refractivity contribution is 0.419. The molecule has 2 aromatic rings. The SMILES string of the molecule is Cl.Clc1ccc(Oc2ncccc2C2CCNCC2)c(Cl)c1. The molecular weight excluding hydrogens is 343 g/mol. The first-order valence-electron chi connectivity index (χ1n) is 7.02. The third-order valence-corrected chi connectivity index (χ3v) is 4.21. The van der Waals surface area contributed by atoms with Crippen LogP contribution in [0.5, 0.6) is 11.6 Å². The number of pyridine rings is 1. The normalized spacial score (nSPS) is 15.2. The zero-order chi connectivity index (χ0) is 14.7. The summed E-state index contributed by atoms with van der Waals surface area (Å²) in [5, 5.41) is 4.45. The highest BCUT2D eigenvalue weighted by Gasteiger charge is 2.20. The number of hydrogen-bond acceptors (Lipinski definition) is 3. The Morgan fingerprint density at radius 1 is 1.14 bits per heavy atom. The monoisotopic (exact) mass is 358 g/mol. The molecule has 22 heavy (non-hydrogen) atoms. The van der Waals surface area contributed by atoms with E-state index in [2.05, 4.69) is 16.4 Å². The number of benzene rings is 1. The van der Waals surface area contributed by atoms with Crippen molar-refractivity contribution in [3.63, 3.8) is 0 Å². The first-order valence-corrected chi connectivity index (χ1v) is 7.78. The number of nitrogens with zero attached hydrogens (tertiary/aromatic N) is 1. The summed E-state index contributed by atoms with van der Waals surface area (Å²) in [5.41, 5.74) is 1.14. The van der Waals surface area contributed by atoms with Gasteiger partial charge in [0.05, 0.1) is 5.02 Å². The van der Waals surface area contributed by atoms with Crippen LogP contribution < -0.4 is 10.1 Å². The Kier molecular flexibility index (Phi) is 6.33. The van der Waals surface area contributed by atoms with Crippen molar-refractivity contribution in [2.75, 3.05) is 13.1 Å². The molecule has 0 spiro atoms. The highest BCUT2D eigenvalue weighted by molar-refractivity contribution is 6.35. The lowest BCUT2D eigenvalue weighted by Gasteiger charge is -2.24. The second-order valence-corrected chi connectivity index (χ2v) is 5.94. The molecule has 1 aromatic carbocycles. The highest BCUT2D eigenvalue weighted by Crippen LogP contribution is 2.36. The van der Waals surface area contributed by atoms with Gasteiger partial charge in [-0.1, -0.05) is 29.3 Å². The van der Waals surface area contributed by atoms with Crippen LogP contribution in [0.2, 0.25) is 10.0 Å². The number of hydrogen-bond donors (Lipinski definition) is 1. The molecule has 118 valence electrons. The molecule has 0 amide bonds. The summed E-state index contributed by atoms with van der Waals surface area (Å²) in [6, 6.07) is 9.24. The van der Waals surface area contributed by atoms with Gasteiger partial charge < -0.3 is 10.1 Å². The molecule has 0 saturated carbocycles. The number of aromatic nitrogens is 1.